The zero-order chi connectivity index (χ0) is 20.2. The van der Waals surface area contributed by atoms with Crippen LogP contribution in [0.3, 0.4) is 0 Å². The second-order valence-electron chi connectivity index (χ2n) is 7.37. The number of carbonyl (C=O) groups is 1. The molecule has 1 aliphatic carbocycles. The Morgan fingerprint density at radius 2 is 2.14 bits per heavy atom. The number of hydrogen-bond donors (Lipinski definition) is 4. The quantitative estimate of drug-likeness (QED) is 0.589. The Labute approximate surface area is 168 Å². The van der Waals surface area contributed by atoms with Crippen molar-refractivity contribution in [1.82, 2.24) is 30.8 Å². The number of carbonyl (C=O) groups excluding carboxylic acids is 1. The van der Waals surface area contributed by atoms with Crippen molar-refractivity contribution in [2.24, 2.45) is 5.92 Å². The van der Waals surface area contributed by atoms with Gasteiger partial charge in [-0.1, -0.05) is 0 Å². The van der Waals surface area contributed by atoms with Crippen molar-refractivity contribution in [2.45, 2.75) is 37.8 Å². The molecule has 0 radical (unpaired) electrons. The average molecular weight is 393 g/mol. The van der Waals surface area contributed by atoms with Crippen molar-refractivity contribution in [1.29, 1.82) is 5.26 Å². The van der Waals surface area contributed by atoms with E-state index in [2.05, 4.69) is 41.4 Å². The van der Waals surface area contributed by atoms with Gasteiger partial charge in [0, 0.05) is 25.2 Å². The Hall–Kier alpha value is -3.32. The summed E-state index contributed by atoms with van der Waals surface area (Å²) < 4.78 is 0. The van der Waals surface area contributed by atoms with E-state index < -0.39 is 0 Å². The van der Waals surface area contributed by atoms with Gasteiger partial charge in [0.2, 0.25) is 0 Å². The number of nitrogens with one attached hydrogen (secondary N) is 4. The van der Waals surface area contributed by atoms with Crippen LogP contribution in [0.15, 0.2) is 18.5 Å². The number of nitrogens with zero attached hydrogens (tertiary/aromatic N) is 5. The molecule has 2 aliphatic rings. The molecule has 0 bridgehead atoms. The lowest BCUT2D eigenvalue weighted by Crippen LogP contribution is -2.37. The molecule has 3 heterocycles. The number of piperidine rings is 1. The predicted octanol–water partition coefficient (Wildman–Crippen LogP) is 1.18. The molecule has 10 heteroatoms. The van der Waals surface area contributed by atoms with Crippen LogP contribution in [0.5, 0.6) is 0 Å². The molecular weight excluding hydrogens is 370 g/mol. The van der Waals surface area contributed by atoms with Crippen molar-refractivity contribution >= 4 is 23.2 Å². The van der Waals surface area contributed by atoms with Crippen molar-refractivity contribution in [3.8, 4) is 6.07 Å². The first kappa shape index (κ1) is 19.0. The third-order valence-electron chi connectivity index (χ3n) is 5.47. The first-order valence-electron chi connectivity index (χ1n) is 9.75. The van der Waals surface area contributed by atoms with E-state index in [1.807, 2.05) is 6.07 Å². The highest BCUT2D eigenvalue weighted by Gasteiger charge is 2.36. The number of amides is 1. The summed E-state index contributed by atoms with van der Waals surface area (Å²) in [6.45, 7) is 1.08. The highest BCUT2D eigenvalue weighted by molar-refractivity contribution is 5.97. The molecule has 2 aromatic heterocycles. The lowest BCUT2D eigenvalue weighted by Gasteiger charge is -2.25. The summed E-state index contributed by atoms with van der Waals surface area (Å²) >= 11 is 0. The maximum atomic E-state index is 12.3. The molecule has 1 amide bonds. The number of rotatable bonds is 5. The summed E-state index contributed by atoms with van der Waals surface area (Å²) in [5, 5.41) is 29.8. The molecule has 150 valence electrons. The van der Waals surface area contributed by atoms with Gasteiger partial charge in [-0.3, -0.25) is 4.79 Å². The molecule has 1 aliphatic heterocycles. The lowest BCUT2D eigenvalue weighted by atomic mass is 9.94. The van der Waals surface area contributed by atoms with Crippen LogP contribution in [-0.2, 0) is 0 Å². The number of nitriles is 1. The molecule has 4 rings (SSSR count). The number of anilines is 3. The van der Waals surface area contributed by atoms with Crippen molar-refractivity contribution in [2.75, 3.05) is 24.2 Å². The zero-order valence-electron chi connectivity index (χ0n) is 16.1. The molecule has 29 heavy (non-hydrogen) atoms. The van der Waals surface area contributed by atoms with Crippen LogP contribution in [0.2, 0.25) is 0 Å². The number of aromatic nitrogens is 4. The zero-order valence-corrected chi connectivity index (χ0v) is 16.1. The summed E-state index contributed by atoms with van der Waals surface area (Å²) in [5.41, 5.74) is 1.12. The summed E-state index contributed by atoms with van der Waals surface area (Å²) in [4.78, 5) is 20.4. The average Bonchev–Trinajstić information content (AvgIpc) is 3.16. The van der Waals surface area contributed by atoms with Crippen molar-refractivity contribution in [3.63, 3.8) is 0 Å². The first-order valence-corrected chi connectivity index (χ1v) is 9.75. The largest absolute Gasteiger partial charge is 0.380 e. The SMILES string of the molecule is CNC(=O)c1nnc(Nc2cnc(C#N)cn2)cc1NC1CC2CCCNC2C1. The summed E-state index contributed by atoms with van der Waals surface area (Å²) in [6, 6.07) is 4.49. The fourth-order valence-electron chi connectivity index (χ4n) is 4.11. The maximum absolute atomic E-state index is 12.3. The second-order valence-corrected chi connectivity index (χ2v) is 7.37. The minimum Gasteiger partial charge on any atom is -0.380 e. The van der Waals surface area contributed by atoms with E-state index in [0.717, 1.165) is 19.4 Å². The molecule has 2 fully saturated rings. The molecule has 2 aromatic rings. The van der Waals surface area contributed by atoms with Gasteiger partial charge in [-0.05, 0) is 38.1 Å². The summed E-state index contributed by atoms with van der Waals surface area (Å²) in [6.07, 6.45) is 7.38. The van der Waals surface area contributed by atoms with Crippen molar-refractivity contribution < 1.29 is 4.79 Å². The molecule has 4 N–H and O–H groups in total. The van der Waals surface area contributed by atoms with Crippen LogP contribution in [0.1, 0.15) is 41.9 Å². The molecule has 3 atom stereocenters. The van der Waals surface area contributed by atoms with E-state index >= 15 is 0 Å². The van der Waals surface area contributed by atoms with Crippen molar-refractivity contribution in [3.05, 3.63) is 29.8 Å². The van der Waals surface area contributed by atoms with E-state index in [1.54, 1.807) is 13.1 Å². The Balaban J connectivity index is 1.54. The summed E-state index contributed by atoms with van der Waals surface area (Å²) in [7, 11) is 1.57. The highest BCUT2D eigenvalue weighted by Crippen LogP contribution is 2.34. The van der Waals surface area contributed by atoms with Gasteiger partial charge in [-0.2, -0.15) is 5.26 Å². The molecule has 0 aromatic carbocycles. The first-order chi connectivity index (χ1) is 14.2. The van der Waals surface area contributed by atoms with E-state index in [0.29, 0.717) is 29.3 Å². The molecule has 1 saturated heterocycles. The third kappa shape index (κ3) is 4.25. The van der Waals surface area contributed by atoms with Gasteiger partial charge in [-0.15, -0.1) is 10.2 Å². The summed E-state index contributed by atoms with van der Waals surface area (Å²) in [5.74, 6) is 1.25. The minimum absolute atomic E-state index is 0.232. The highest BCUT2D eigenvalue weighted by atomic mass is 16.1. The Morgan fingerprint density at radius 3 is 2.86 bits per heavy atom. The number of fused-ring (bicyclic) bond motifs is 1. The Kier molecular flexibility index (Phi) is 5.48. The monoisotopic (exact) mass is 393 g/mol. The van der Waals surface area contributed by atoms with Gasteiger partial charge in [0.1, 0.15) is 11.9 Å². The molecular formula is C19H23N9O. The third-order valence-corrected chi connectivity index (χ3v) is 5.47. The smallest absolute Gasteiger partial charge is 0.273 e. The van der Waals surface area contributed by atoms with Gasteiger partial charge in [-0.25, -0.2) is 9.97 Å². The van der Waals surface area contributed by atoms with E-state index in [4.69, 9.17) is 5.26 Å². The van der Waals surface area contributed by atoms with Gasteiger partial charge < -0.3 is 21.3 Å². The van der Waals surface area contributed by atoms with Crippen LogP contribution in [0.4, 0.5) is 17.3 Å². The van der Waals surface area contributed by atoms with Crippen LogP contribution in [-0.4, -0.2) is 51.7 Å². The van der Waals surface area contributed by atoms with Gasteiger partial charge in [0.25, 0.3) is 5.91 Å². The van der Waals surface area contributed by atoms with E-state index in [1.165, 1.54) is 25.2 Å². The minimum atomic E-state index is -0.293. The number of hydrogen-bond acceptors (Lipinski definition) is 9. The maximum Gasteiger partial charge on any atom is 0.273 e. The van der Waals surface area contributed by atoms with Gasteiger partial charge >= 0.3 is 0 Å². The topological polar surface area (TPSA) is 141 Å². The fraction of sp³-hybridized carbons (Fsp3) is 0.474. The molecule has 10 nitrogen and oxygen atoms in total. The second kappa shape index (κ2) is 8.36. The molecule has 3 unspecified atom stereocenters. The Bertz CT molecular complexity index is 910. The van der Waals surface area contributed by atoms with Crippen LogP contribution >= 0.6 is 0 Å². The lowest BCUT2D eigenvalue weighted by molar-refractivity contribution is 0.0958. The van der Waals surface area contributed by atoms with Crippen LogP contribution < -0.4 is 21.3 Å². The van der Waals surface area contributed by atoms with Crippen LogP contribution in [0, 0.1) is 17.2 Å². The van der Waals surface area contributed by atoms with Gasteiger partial charge in [0.05, 0.1) is 18.1 Å². The van der Waals surface area contributed by atoms with E-state index in [-0.39, 0.29) is 23.3 Å². The molecule has 1 saturated carbocycles. The Morgan fingerprint density at radius 1 is 1.24 bits per heavy atom. The van der Waals surface area contributed by atoms with Gasteiger partial charge in [0.15, 0.2) is 17.2 Å². The van der Waals surface area contributed by atoms with E-state index in [9.17, 15) is 4.79 Å². The standard InChI is InChI=1S/C19H23N9O/c1-21-19(29)18-15(25-12-5-11-3-2-4-22-14(11)6-12)7-16(27-28-18)26-17-10-23-13(8-20)9-24-17/h7,9-12,14,22H,2-6H2,1H3,(H,21,29)(H2,24,25,26,27). The van der Waals surface area contributed by atoms with Crippen LogP contribution in [0.25, 0.3) is 0 Å². The molecule has 0 spiro atoms. The fourth-order valence-corrected chi connectivity index (χ4v) is 4.11. The normalized spacial score (nSPS) is 23.0. The predicted molar refractivity (Wildman–Crippen MR) is 107 cm³/mol.